The maximum Gasteiger partial charge on any atom is 0.226 e. The van der Waals surface area contributed by atoms with Crippen LogP contribution in [0.5, 0.6) is 0 Å². The molecule has 1 aliphatic heterocycles. The van der Waals surface area contributed by atoms with Crippen LogP contribution in [0.3, 0.4) is 0 Å². The number of rotatable bonds is 4. The van der Waals surface area contributed by atoms with Gasteiger partial charge in [-0.25, -0.2) is 4.98 Å². The Morgan fingerprint density at radius 3 is 2.50 bits per heavy atom. The maximum atomic E-state index is 10.5. The van der Waals surface area contributed by atoms with E-state index in [0.717, 1.165) is 57.3 Å². The quantitative estimate of drug-likeness (QED) is 0.894. The van der Waals surface area contributed by atoms with Crippen molar-refractivity contribution in [2.75, 3.05) is 56.6 Å². The molecule has 0 spiro atoms. The molecule has 2 aliphatic rings. The van der Waals surface area contributed by atoms with Gasteiger partial charge in [0.25, 0.3) is 0 Å². The van der Waals surface area contributed by atoms with Crippen molar-refractivity contribution in [3.63, 3.8) is 0 Å². The Bertz CT molecular complexity index is 493. The van der Waals surface area contributed by atoms with E-state index < -0.39 is 5.60 Å². The molecule has 1 N–H and O–H groups in total. The molecule has 2 fully saturated rings. The Morgan fingerprint density at radius 2 is 1.86 bits per heavy atom. The summed E-state index contributed by atoms with van der Waals surface area (Å²) >= 11 is 0. The van der Waals surface area contributed by atoms with Gasteiger partial charge in [-0.15, -0.1) is 0 Å². The molecule has 0 amide bonds. The predicted octanol–water partition coefficient (Wildman–Crippen LogP) is 0.970. The van der Waals surface area contributed by atoms with Crippen LogP contribution in [0.1, 0.15) is 25.7 Å². The lowest BCUT2D eigenvalue weighted by atomic mass is 10.0. The number of piperazine rings is 1. The number of aromatic nitrogens is 2. The lowest BCUT2D eigenvalue weighted by Gasteiger charge is -2.38. The average molecular weight is 305 g/mol. The zero-order valence-corrected chi connectivity index (χ0v) is 13.7. The number of β-amino-alcohol motifs (C(OH)–C–C–N with tert-alkyl or cyclic N) is 1. The second kappa shape index (κ2) is 6.38. The van der Waals surface area contributed by atoms with Gasteiger partial charge in [0.1, 0.15) is 5.82 Å². The van der Waals surface area contributed by atoms with Crippen LogP contribution >= 0.6 is 0 Å². The van der Waals surface area contributed by atoms with Gasteiger partial charge in [0.2, 0.25) is 5.95 Å². The maximum absolute atomic E-state index is 10.5. The van der Waals surface area contributed by atoms with E-state index in [0.29, 0.717) is 0 Å². The van der Waals surface area contributed by atoms with E-state index in [4.69, 9.17) is 0 Å². The summed E-state index contributed by atoms with van der Waals surface area (Å²) in [6, 6.07) is 1.98. The van der Waals surface area contributed by atoms with Crippen LogP contribution in [0.25, 0.3) is 0 Å². The van der Waals surface area contributed by atoms with E-state index in [-0.39, 0.29) is 0 Å². The Labute approximate surface area is 132 Å². The molecule has 1 aliphatic carbocycles. The van der Waals surface area contributed by atoms with E-state index in [1.54, 1.807) is 0 Å². The van der Waals surface area contributed by atoms with Gasteiger partial charge in [0.15, 0.2) is 0 Å². The molecule has 1 saturated carbocycles. The fourth-order valence-corrected chi connectivity index (χ4v) is 3.47. The van der Waals surface area contributed by atoms with Crippen LogP contribution < -0.4 is 9.80 Å². The van der Waals surface area contributed by atoms with Gasteiger partial charge < -0.3 is 14.9 Å². The Kier molecular flexibility index (Phi) is 4.49. The molecule has 0 aromatic carbocycles. The summed E-state index contributed by atoms with van der Waals surface area (Å²) in [5.41, 5.74) is -0.435. The van der Waals surface area contributed by atoms with E-state index in [9.17, 15) is 5.11 Å². The molecule has 6 heteroatoms. The molecule has 0 atom stereocenters. The molecular weight excluding hydrogens is 278 g/mol. The normalized spacial score (nSPS) is 22.0. The summed E-state index contributed by atoms with van der Waals surface area (Å²) in [5.74, 6) is 1.75. The van der Waals surface area contributed by atoms with Crippen molar-refractivity contribution in [3.8, 4) is 0 Å². The van der Waals surface area contributed by atoms with Gasteiger partial charge in [-0.1, -0.05) is 12.8 Å². The summed E-state index contributed by atoms with van der Waals surface area (Å²) < 4.78 is 0. The standard InChI is InChI=1S/C16H27N5O/c1-19(2)15-17-8-5-14(18-15)21-11-9-20(10-12-21)13-16(22)6-3-4-7-16/h5,8,22H,3-4,6-7,9-13H2,1-2H3. The van der Waals surface area contributed by atoms with E-state index in [1.807, 2.05) is 31.3 Å². The minimum atomic E-state index is -0.435. The minimum absolute atomic E-state index is 0.435. The molecule has 0 radical (unpaired) electrons. The van der Waals surface area contributed by atoms with Crippen LogP contribution in [0.4, 0.5) is 11.8 Å². The van der Waals surface area contributed by atoms with Crippen molar-refractivity contribution in [3.05, 3.63) is 12.3 Å². The lowest BCUT2D eigenvalue weighted by Crippen LogP contribution is -2.51. The second-order valence-corrected chi connectivity index (χ2v) is 6.80. The van der Waals surface area contributed by atoms with Crippen molar-refractivity contribution in [1.82, 2.24) is 14.9 Å². The molecule has 1 aromatic rings. The number of anilines is 2. The highest BCUT2D eigenvalue weighted by Gasteiger charge is 2.34. The molecule has 3 rings (SSSR count). The number of hydrogen-bond donors (Lipinski definition) is 1. The largest absolute Gasteiger partial charge is 0.389 e. The molecule has 0 bridgehead atoms. The Hall–Kier alpha value is -1.40. The zero-order valence-electron chi connectivity index (χ0n) is 13.7. The average Bonchev–Trinajstić information content (AvgIpc) is 2.94. The molecule has 1 saturated heterocycles. The third kappa shape index (κ3) is 3.50. The fraction of sp³-hybridized carbons (Fsp3) is 0.750. The zero-order chi connectivity index (χ0) is 15.6. The second-order valence-electron chi connectivity index (χ2n) is 6.80. The molecule has 122 valence electrons. The first-order valence-corrected chi connectivity index (χ1v) is 8.26. The molecule has 1 aromatic heterocycles. The summed E-state index contributed by atoms with van der Waals surface area (Å²) in [7, 11) is 3.92. The Balaban J connectivity index is 1.56. The summed E-state index contributed by atoms with van der Waals surface area (Å²) in [4.78, 5) is 15.5. The highest BCUT2D eigenvalue weighted by atomic mass is 16.3. The SMILES string of the molecule is CN(C)c1nccc(N2CCN(CC3(O)CCCC3)CC2)n1. The molecule has 0 unspecified atom stereocenters. The van der Waals surface area contributed by atoms with Crippen LogP contribution in [0.2, 0.25) is 0 Å². The predicted molar refractivity (Wildman–Crippen MR) is 88.4 cm³/mol. The van der Waals surface area contributed by atoms with Crippen LogP contribution in [0.15, 0.2) is 12.3 Å². The minimum Gasteiger partial charge on any atom is -0.389 e. The first kappa shape index (κ1) is 15.5. The summed E-state index contributed by atoms with van der Waals surface area (Å²) in [6.07, 6.45) is 6.09. The molecular formula is C16H27N5O. The molecule has 22 heavy (non-hydrogen) atoms. The van der Waals surface area contributed by atoms with Crippen LogP contribution in [-0.4, -0.2) is 72.4 Å². The van der Waals surface area contributed by atoms with Crippen molar-refractivity contribution >= 4 is 11.8 Å². The molecule has 6 nitrogen and oxygen atoms in total. The monoisotopic (exact) mass is 305 g/mol. The van der Waals surface area contributed by atoms with Crippen LogP contribution in [0, 0.1) is 0 Å². The third-order valence-corrected chi connectivity index (χ3v) is 4.78. The Morgan fingerprint density at radius 1 is 1.18 bits per heavy atom. The van der Waals surface area contributed by atoms with Crippen molar-refractivity contribution < 1.29 is 5.11 Å². The van der Waals surface area contributed by atoms with Crippen molar-refractivity contribution in [2.45, 2.75) is 31.3 Å². The van der Waals surface area contributed by atoms with E-state index in [2.05, 4.69) is 19.8 Å². The van der Waals surface area contributed by atoms with Gasteiger partial charge in [0.05, 0.1) is 5.60 Å². The highest BCUT2D eigenvalue weighted by Crippen LogP contribution is 2.30. The first-order valence-electron chi connectivity index (χ1n) is 8.26. The summed E-state index contributed by atoms with van der Waals surface area (Å²) in [6.45, 7) is 4.72. The third-order valence-electron chi connectivity index (χ3n) is 4.78. The van der Waals surface area contributed by atoms with Crippen molar-refractivity contribution in [1.29, 1.82) is 0 Å². The molecule has 2 heterocycles. The van der Waals surface area contributed by atoms with Gasteiger partial charge in [-0.2, -0.15) is 4.98 Å². The van der Waals surface area contributed by atoms with Gasteiger partial charge in [-0.3, -0.25) is 4.90 Å². The van der Waals surface area contributed by atoms with Crippen molar-refractivity contribution in [2.24, 2.45) is 0 Å². The van der Waals surface area contributed by atoms with E-state index in [1.165, 1.54) is 12.8 Å². The number of nitrogens with zero attached hydrogens (tertiary/aromatic N) is 5. The fourth-order valence-electron chi connectivity index (χ4n) is 3.47. The lowest BCUT2D eigenvalue weighted by molar-refractivity contribution is 0.00800. The van der Waals surface area contributed by atoms with Gasteiger partial charge in [0, 0.05) is 53.0 Å². The van der Waals surface area contributed by atoms with Gasteiger partial charge >= 0.3 is 0 Å². The highest BCUT2D eigenvalue weighted by molar-refractivity contribution is 5.43. The number of hydrogen-bond acceptors (Lipinski definition) is 6. The van der Waals surface area contributed by atoms with Crippen LogP contribution in [-0.2, 0) is 0 Å². The topological polar surface area (TPSA) is 55.7 Å². The number of aliphatic hydroxyl groups is 1. The van der Waals surface area contributed by atoms with Gasteiger partial charge in [-0.05, 0) is 18.9 Å². The van der Waals surface area contributed by atoms with E-state index >= 15 is 0 Å². The summed E-state index contributed by atoms with van der Waals surface area (Å²) in [5, 5.41) is 10.5. The first-order chi connectivity index (χ1) is 10.6. The smallest absolute Gasteiger partial charge is 0.226 e.